The maximum absolute atomic E-state index is 5.41. The highest BCUT2D eigenvalue weighted by Gasteiger charge is 2.21. The zero-order valence-corrected chi connectivity index (χ0v) is 8.27. The SMILES string of the molecule is COC1CCN(CCC(N)=S)C1. The van der Waals surface area contributed by atoms with Gasteiger partial charge in [-0.3, -0.25) is 0 Å². The predicted octanol–water partition coefficient (Wildman–Crippen LogP) is 0.383. The van der Waals surface area contributed by atoms with Gasteiger partial charge in [-0.15, -0.1) is 0 Å². The second-order valence-electron chi connectivity index (χ2n) is 3.16. The Kier molecular flexibility index (Phi) is 3.91. The third-order valence-corrected chi connectivity index (χ3v) is 2.44. The first-order valence-corrected chi connectivity index (χ1v) is 4.66. The summed E-state index contributed by atoms with van der Waals surface area (Å²) in [5.41, 5.74) is 5.41. The van der Waals surface area contributed by atoms with Gasteiger partial charge in [-0.25, -0.2) is 0 Å². The summed E-state index contributed by atoms with van der Waals surface area (Å²) in [7, 11) is 1.77. The smallest absolute Gasteiger partial charge is 0.0740 e. The maximum atomic E-state index is 5.41. The minimum absolute atomic E-state index is 0.413. The summed E-state index contributed by atoms with van der Waals surface area (Å²) in [6.45, 7) is 3.12. The fraction of sp³-hybridized carbons (Fsp3) is 0.875. The van der Waals surface area contributed by atoms with Gasteiger partial charge in [0.2, 0.25) is 0 Å². The van der Waals surface area contributed by atoms with Gasteiger partial charge in [0.25, 0.3) is 0 Å². The lowest BCUT2D eigenvalue weighted by Crippen LogP contribution is -2.26. The number of likely N-dealkylation sites (tertiary alicyclic amines) is 1. The van der Waals surface area contributed by atoms with Crippen LogP contribution in [0, 0.1) is 0 Å². The van der Waals surface area contributed by atoms with Crippen LogP contribution >= 0.6 is 12.2 Å². The van der Waals surface area contributed by atoms with Crippen molar-refractivity contribution in [1.82, 2.24) is 4.90 Å². The molecule has 0 aromatic rings. The Hall–Kier alpha value is -0.190. The standard InChI is InChI=1S/C8H16N2OS/c1-11-7-2-4-10(6-7)5-3-8(9)12/h7H,2-6H2,1H3,(H2,9,12). The molecule has 1 heterocycles. The zero-order chi connectivity index (χ0) is 8.97. The van der Waals surface area contributed by atoms with E-state index >= 15 is 0 Å². The number of methoxy groups -OCH3 is 1. The first-order chi connectivity index (χ1) is 5.72. The van der Waals surface area contributed by atoms with E-state index in [-0.39, 0.29) is 0 Å². The largest absolute Gasteiger partial charge is 0.393 e. The Morgan fingerprint density at radius 1 is 1.75 bits per heavy atom. The molecule has 1 saturated heterocycles. The lowest BCUT2D eigenvalue weighted by atomic mass is 10.3. The number of ether oxygens (including phenoxy) is 1. The molecule has 4 heteroatoms. The second-order valence-corrected chi connectivity index (χ2v) is 3.69. The van der Waals surface area contributed by atoms with Crippen LogP contribution in [0.15, 0.2) is 0 Å². The minimum atomic E-state index is 0.413. The van der Waals surface area contributed by atoms with E-state index in [0.29, 0.717) is 11.1 Å². The molecule has 3 nitrogen and oxygen atoms in total. The summed E-state index contributed by atoms with van der Waals surface area (Å²) in [6, 6.07) is 0. The monoisotopic (exact) mass is 188 g/mol. The molecule has 1 unspecified atom stereocenters. The Morgan fingerprint density at radius 3 is 3.00 bits per heavy atom. The summed E-state index contributed by atoms with van der Waals surface area (Å²) >= 11 is 4.81. The van der Waals surface area contributed by atoms with Gasteiger partial charge in [-0.05, 0) is 6.42 Å². The Labute approximate surface area is 78.9 Å². The van der Waals surface area contributed by atoms with Crippen molar-refractivity contribution < 1.29 is 4.74 Å². The van der Waals surface area contributed by atoms with Crippen molar-refractivity contribution >= 4 is 17.2 Å². The summed E-state index contributed by atoms with van der Waals surface area (Å²) in [5.74, 6) is 0. The fourth-order valence-electron chi connectivity index (χ4n) is 1.46. The van der Waals surface area contributed by atoms with Crippen molar-refractivity contribution in [3.8, 4) is 0 Å². The van der Waals surface area contributed by atoms with Crippen molar-refractivity contribution in [2.75, 3.05) is 26.7 Å². The van der Waals surface area contributed by atoms with Crippen molar-refractivity contribution in [2.24, 2.45) is 5.73 Å². The highest BCUT2D eigenvalue weighted by Crippen LogP contribution is 2.11. The van der Waals surface area contributed by atoms with E-state index in [1.54, 1.807) is 7.11 Å². The molecular weight excluding hydrogens is 172 g/mol. The molecule has 1 fully saturated rings. The normalized spacial score (nSPS) is 24.6. The first-order valence-electron chi connectivity index (χ1n) is 4.26. The lowest BCUT2D eigenvalue weighted by molar-refractivity contribution is 0.108. The average Bonchev–Trinajstić information content (AvgIpc) is 2.48. The van der Waals surface area contributed by atoms with E-state index in [0.717, 1.165) is 32.5 Å². The molecule has 0 aromatic carbocycles. The fourth-order valence-corrected chi connectivity index (χ4v) is 1.55. The second kappa shape index (κ2) is 4.74. The van der Waals surface area contributed by atoms with Gasteiger partial charge in [-0.1, -0.05) is 12.2 Å². The van der Waals surface area contributed by atoms with Crippen molar-refractivity contribution in [3.63, 3.8) is 0 Å². The third kappa shape index (κ3) is 3.05. The number of hydrogen-bond acceptors (Lipinski definition) is 3. The van der Waals surface area contributed by atoms with Crippen LogP contribution in [0.5, 0.6) is 0 Å². The van der Waals surface area contributed by atoms with Gasteiger partial charge >= 0.3 is 0 Å². The lowest BCUT2D eigenvalue weighted by Gasteiger charge is -2.14. The van der Waals surface area contributed by atoms with Gasteiger partial charge < -0.3 is 15.4 Å². The van der Waals surface area contributed by atoms with Gasteiger partial charge in [-0.2, -0.15) is 0 Å². The van der Waals surface area contributed by atoms with Crippen LogP contribution in [-0.2, 0) is 4.74 Å². The van der Waals surface area contributed by atoms with Crippen LogP contribution in [0.25, 0.3) is 0 Å². The third-order valence-electron chi connectivity index (χ3n) is 2.24. The molecule has 0 amide bonds. The molecule has 0 spiro atoms. The van der Waals surface area contributed by atoms with Crippen LogP contribution in [0.4, 0.5) is 0 Å². The molecule has 12 heavy (non-hydrogen) atoms. The van der Waals surface area contributed by atoms with Crippen LogP contribution < -0.4 is 5.73 Å². The van der Waals surface area contributed by atoms with Gasteiger partial charge in [0.15, 0.2) is 0 Å². The van der Waals surface area contributed by atoms with Crippen LogP contribution in [0.1, 0.15) is 12.8 Å². The van der Waals surface area contributed by atoms with E-state index in [2.05, 4.69) is 4.90 Å². The van der Waals surface area contributed by atoms with Crippen LogP contribution in [0.2, 0.25) is 0 Å². The molecule has 70 valence electrons. The minimum Gasteiger partial charge on any atom is -0.393 e. The number of hydrogen-bond donors (Lipinski definition) is 1. The Balaban J connectivity index is 2.15. The van der Waals surface area contributed by atoms with E-state index in [9.17, 15) is 0 Å². The molecule has 2 N–H and O–H groups in total. The van der Waals surface area contributed by atoms with Gasteiger partial charge in [0.05, 0.1) is 11.1 Å². The van der Waals surface area contributed by atoms with E-state index in [4.69, 9.17) is 22.7 Å². The molecule has 0 saturated carbocycles. The van der Waals surface area contributed by atoms with E-state index < -0.39 is 0 Å². The molecular formula is C8H16N2OS. The van der Waals surface area contributed by atoms with Gasteiger partial charge in [0, 0.05) is 33.2 Å². The maximum Gasteiger partial charge on any atom is 0.0740 e. The summed E-state index contributed by atoms with van der Waals surface area (Å²) in [6.07, 6.45) is 2.37. The number of nitrogens with zero attached hydrogens (tertiary/aromatic N) is 1. The molecule has 1 aliphatic heterocycles. The highest BCUT2D eigenvalue weighted by atomic mass is 32.1. The zero-order valence-electron chi connectivity index (χ0n) is 7.45. The van der Waals surface area contributed by atoms with Gasteiger partial charge in [0.1, 0.15) is 0 Å². The predicted molar refractivity (Wildman–Crippen MR) is 53.3 cm³/mol. The summed E-state index contributed by atoms with van der Waals surface area (Å²) in [4.78, 5) is 2.95. The molecule has 1 rings (SSSR count). The van der Waals surface area contributed by atoms with E-state index in [1.165, 1.54) is 0 Å². The quantitative estimate of drug-likeness (QED) is 0.648. The Bertz CT molecular complexity index is 163. The Morgan fingerprint density at radius 2 is 2.50 bits per heavy atom. The number of rotatable bonds is 4. The molecule has 0 bridgehead atoms. The van der Waals surface area contributed by atoms with Crippen LogP contribution in [0.3, 0.4) is 0 Å². The summed E-state index contributed by atoms with van der Waals surface area (Å²) < 4.78 is 5.24. The molecule has 0 aromatic heterocycles. The first kappa shape index (κ1) is 9.89. The van der Waals surface area contributed by atoms with Crippen molar-refractivity contribution in [3.05, 3.63) is 0 Å². The van der Waals surface area contributed by atoms with Crippen molar-refractivity contribution in [1.29, 1.82) is 0 Å². The molecule has 0 aliphatic carbocycles. The molecule has 1 aliphatic rings. The van der Waals surface area contributed by atoms with Crippen LogP contribution in [-0.4, -0.2) is 42.7 Å². The number of thiocarbonyl (C=S) groups is 1. The van der Waals surface area contributed by atoms with E-state index in [1.807, 2.05) is 0 Å². The topological polar surface area (TPSA) is 38.5 Å². The van der Waals surface area contributed by atoms with Crippen molar-refractivity contribution in [2.45, 2.75) is 18.9 Å². The number of nitrogens with two attached hydrogens (primary N) is 1. The molecule has 1 atom stereocenters. The molecule has 0 radical (unpaired) electrons. The summed E-state index contributed by atoms with van der Waals surface area (Å²) in [5, 5.41) is 0. The average molecular weight is 188 g/mol. The highest BCUT2D eigenvalue weighted by molar-refractivity contribution is 7.80.